The summed E-state index contributed by atoms with van der Waals surface area (Å²) in [7, 11) is 4.53. The fourth-order valence-electron chi connectivity index (χ4n) is 2.04. The van der Waals surface area contributed by atoms with E-state index in [-0.39, 0.29) is 5.91 Å². The normalized spacial score (nSPS) is 10.1. The summed E-state index contributed by atoms with van der Waals surface area (Å²) in [5.74, 6) is 1.04. The average molecular weight is 322 g/mol. The summed E-state index contributed by atoms with van der Waals surface area (Å²) in [5, 5.41) is 4.81. The van der Waals surface area contributed by atoms with Gasteiger partial charge in [0, 0.05) is 18.3 Å². The number of carbonyl (C=O) groups excluding carboxylic acids is 1. The summed E-state index contributed by atoms with van der Waals surface area (Å²) < 4.78 is 15.8. The van der Waals surface area contributed by atoms with Crippen molar-refractivity contribution in [3.05, 3.63) is 34.3 Å². The summed E-state index contributed by atoms with van der Waals surface area (Å²) >= 11 is 1.54. The van der Waals surface area contributed by atoms with Crippen molar-refractivity contribution in [1.82, 2.24) is 10.3 Å². The van der Waals surface area contributed by atoms with Crippen LogP contribution in [-0.2, 0) is 6.42 Å². The second kappa shape index (κ2) is 7.65. The number of amides is 1. The Morgan fingerprint density at radius 2 is 1.95 bits per heavy atom. The molecule has 0 aliphatic rings. The van der Waals surface area contributed by atoms with Crippen molar-refractivity contribution in [2.24, 2.45) is 0 Å². The molecule has 0 radical (unpaired) electrons. The average Bonchev–Trinajstić information content (AvgIpc) is 3.06. The van der Waals surface area contributed by atoms with Crippen LogP contribution in [0.4, 0.5) is 0 Å². The third-order valence-electron chi connectivity index (χ3n) is 3.10. The van der Waals surface area contributed by atoms with Gasteiger partial charge in [-0.1, -0.05) is 0 Å². The number of methoxy groups -OCH3 is 3. The van der Waals surface area contributed by atoms with E-state index < -0.39 is 0 Å². The molecule has 0 spiro atoms. The minimum absolute atomic E-state index is 0.229. The molecule has 0 saturated carbocycles. The van der Waals surface area contributed by atoms with Crippen LogP contribution < -0.4 is 19.5 Å². The molecule has 1 aromatic heterocycles. The summed E-state index contributed by atoms with van der Waals surface area (Å²) in [6, 6.07) is 3.33. The lowest BCUT2D eigenvalue weighted by Gasteiger charge is -2.15. The SMILES string of the molecule is COc1ccc(C(=O)NCCc2cscn2)c(OC)c1OC. The van der Waals surface area contributed by atoms with Crippen LogP contribution in [0.25, 0.3) is 0 Å². The van der Waals surface area contributed by atoms with Crippen LogP contribution >= 0.6 is 11.3 Å². The Morgan fingerprint density at radius 1 is 1.18 bits per heavy atom. The molecule has 1 N–H and O–H groups in total. The molecule has 6 nitrogen and oxygen atoms in total. The van der Waals surface area contributed by atoms with E-state index in [1.165, 1.54) is 32.7 Å². The molecule has 118 valence electrons. The zero-order chi connectivity index (χ0) is 15.9. The molecular formula is C15H18N2O4S. The highest BCUT2D eigenvalue weighted by Gasteiger charge is 2.20. The fraction of sp³-hybridized carbons (Fsp3) is 0.333. The lowest BCUT2D eigenvalue weighted by atomic mass is 10.1. The van der Waals surface area contributed by atoms with Crippen LogP contribution in [0, 0.1) is 0 Å². The number of thiazole rings is 1. The first kappa shape index (κ1) is 16.1. The Balaban J connectivity index is 2.11. The van der Waals surface area contributed by atoms with E-state index in [1.807, 2.05) is 5.38 Å². The summed E-state index contributed by atoms with van der Waals surface area (Å²) in [6.45, 7) is 0.500. The highest BCUT2D eigenvalue weighted by atomic mass is 32.1. The number of nitrogens with one attached hydrogen (secondary N) is 1. The Bertz CT molecular complexity index is 629. The Hall–Kier alpha value is -2.28. The summed E-state index contributed by atoms with van der Waals surface area (Å²) in [4.78, 5) is 16.5. The molecular weight excluding hydrogens is 304 g/mol. The smallest absolute Gasteiger partial charge is 0.255 e. The van der Waals surface area contributed by atoms with Gasteiger partial charge in [-0.05, 0) is 12.1 Å². The number of ether oxygens (including phenoxy) is 3. The Labute approximate surface area is 133 Å². The fourth-order valence-corrected chi connectivity index (χ4v) is 2.63. The maximum Gasteiger partial charge on any atom is 0.255 e. The van der Waals surface area contributed by atoms with Crippen molar-refractivity contribution in [3.8, 4) is 17.2 Å². The second-order valence-corrected chi connectivity index (χ2v) is 5.09. The quantitative estimate of drug-likeness (QED) is 0.846. The molecule has 0 aliphatic carbocycles. The highest BCUT2D eigenvalue weighted by molar-refractivity contribution is 7.07. The van der Waals surface area contributed by atoms with E-state index >= 15 is 0 Å². The molecule has 22 heavy (non-hydrogen) atoms. The van der Waals surface area contributed by atoms with E-state index in [4.69, 9.17) is 14.2 Å². The molecule has 0 saturated heterocycles. The molecule has 0 fully saturated rings. The number of hydrogen-bond donors (Lipinski definition) is 1. The van der Waals surface area contributed by atoms with E-state index in [9.17, 15) is 4.79 Å². The number of rotatable bonds is 7. The predicted octanol–water partition coefficient (Wildman–Crippen LogP) is 2.14. The highest BCUT2D eigenvalue weighted by Crippen LogP contribution is 2.39. The lowest BCUT2D eigenvalue weighted by molar-refractivity contribution is 0.0950. The molecule has 2 aromatic rings. The minimum atomic E-state index is -0.229. The number of carbonyl (C=O) groups is 1. The topological polar surface area (TPSA) is 69.7 Å². The van der Waals surface area contributed by atoms with Crippen LogP contribution in [0.1, 0.15) is 16.1 Å². The van der Waals surface area contributed by atoms with Gasteiger partial charge < -0.3 is 19.5 Å². The zero-order valence-corrected chi connectivity index (χ0v) is 13.5. The van der Waals surface area contributed by atoms with Crippen LogP contribution in [0.2, 0.25) is 0 Å². The van der Waals surface area contributed by atoms with E-state index in [0.717, 1.165) is 5.69 Å². The molecule has 7 heteroatoms. The van der Waals surface area contributed by atoms with Crippen LogP contribution in [-0.4, -0.2) is 38.8 Å². The van der Waals surface area contributed by atoms with Crippen molar-refractivity contribution in [2.75, 3.05) is 27.9 Å². The van der Waals surface area contributed by atoms with Crippen molar-refractivity contribution in [2.45, 2.75) is 6.42 Å². The second-order valence-electron chi connectivity index (χ2n) is 4.37. The van der Waals surface area contributed by atoms with Gasteiger partial charge in [0.15, 0.2) is 11.5 Å². The van der Waals surface area contributed by atoms with E-state index in [2.05, 4.69) is 10.3 Å². The standard InChI is InChI=1S/C15H18N2O4S/c1-19-12-5-4-11(13(20-2)14(12)21-3)15(18)16-7-6-10-8-22-9-17-10/h4-5,8-9H,6-7H2,1-3H3,(H,16,18). The summed E-state index contributed by atoms with van der Waals surface area (Å²) in [5.41, 5.74) is 3.14. The number of benzene rings is 1. The van der Waals surface area contributed by atoms with Crippen molar-refractivity contribution in [1.29, 1.82) is 0 Å². The number of nitrogens with zero attached hydrogens (tertiary/aromatic N) is 1. The predicted molar refractivity (Wildman–Crippen MR) is 84.2 cm³/mol. The first-order valence-electron chi connectivity index (χ1n) is 6.65. The van der Waals surface area contributed by atoms with Gasteiger partial charge in [-0.15, -0.1) is 11.3 Å². The van der Waals surface area contributed by atoms with Crippen molar-refractivity contribution >= 4 is 17.2 Å². The van der Waals surface area contributed by atoms with Gasteiger partial charge in [-0.2, -0.15) is 0 Å². The van der Waals surface area contributed by atoms with Gasteiger partial charge >= 0.3 is 0 Å². The molecule has 2 rings (SSSR count). The van der Waals surface area contributed by atoms with E-state index in [1.54, 1.807) is 17.6 Å². The molecule has 1 heterocycles. The maximum atomic E-state index is 12.3. The Morgan fingerprint density at radius 3 is 2.55 bits per heavy atom. The number of aromatic nitrogens is 1. The molecule has 0 unspecified atom stereocenters. The van der Waals surface area contributed by atoms with Gasteiger partial charge in [0.1, 0.15) is 0 Å². The molecule has 0 bridgehead atoms. The van der Waals surface area contributed by atoms with Crippen molar-refractivity contribution in [3.63, 3.8) is 0 Å². The van der Waals surface area contributed by atoms with Crippen LogP contribution in [0.5, 0.6) is 17.2 Å². The third kappa shape index (κ3) is 3.48. The number of hydrogen-bond acceptors (Lipinski definition) is 6. The van der Waals surface area contributed by atoms with Gasteiger partial charge in [-0.3, -0.25) is 4.79 Å². The molecule has 1 amide bonds. The first-order valence-corrected chi connectivity index (χ1v) is 7.59. The Kier molecular flexibility index (Phi) is 5.60. The van der Waals surface area contributed by atoms with Gasteiger partial charge in [0.05, 0.1) is 38.1 Å². The van der Waals surface area contributed by atoms with Crippen LogP contribution in [0.3, 0.4) is 0 Å². The largest absolute Gasteiger partial charge is 0.493 e. The molecule has 0 aliphatic heterocycles. The zero-order valence-electron chi connectivity index (χ0n) is 12.7. The van der Waals surface area contributed by atoms with E-state index in [0.29, 0.717) is 35.8 Å². The van der Waals surface area contributed by atoms with Crippen molar-refractivity contribution < 1.29 is 19.0 Å². The first-order chi connectivity index (χ1) is 10.7. The monoisotopic (exact) mass is 322 g/mol. The lowest BCUT2D eigenvalue weighted by Crippen LogP contribution is -2.26. The third-order valence-corrected chi connectivity index (χ3v) is 3.73. The van der Waals surface area contributed by atoms with Gasteiger partial charge in [0.2, 0.25) is 5.75 Å². The molecule has 0 atom stereocenters. The van der Waals surface area contributed by atoms with Gasteiger partial charge in [0.25, 0.3) is 5.91 Å². The minimum Gasteiger partial charge on any atom is -0.493 e. The summed E-state index contributed by atoms with van der Waals surface area (Å²) in [6.07, 6.45) is 0.685. The van der Waals surface area contributed by atoms with Gasteiger partial charge in [-0.25, -0.2) is 4.98 Å². The maximum absolute atomic E-state index is 12.3. The van der Waals surface area contributed by atoms with Crippen LogP contribution in [0.15, 0.2) is 23.0 Å². The molecule has 1 aromatic carbocycles.